The van der Waals surface area contributed by atoms with Crippen LogP contribution in [-0.2, 0) is 30.5 Å². The lowest BCUT2D eigenvalue weighted by molar-refractivity contribution is -0.171. The summed E-state index contributed by atoms with van der Waals surface area (Å²) in [5.41, 5.74) is 0.00949. The number of hydrogen-bond donors (Lipinski definition) is 1. The van der Waals surface area contributed by atoms with Gasteiger partial charge in [-0.3, -0.25) is 9.35 Å². The topological polar surface area (TPSA) is 80.7 Å². The smallest absolute Gasteiger partial charge is 0.312 e. The molecule has 0 heterocycles. The lowest BCUT2D eigenvalue weighted by Crippen LogP contribution is -2.50. The number of benzene rings is 1. The molecular formula is C26H33O5S2+. The molecule has 5 aliphatic rings. The van der Waals surface area contributed by atoms with Crippen LogP contribution in [0.2, 0.25) is 0 Å². The Balaban J connectivity index is 1.29. The highest BCUT2D eigenvalue weighted by Gasteiger charge is 2.55. The molecule has 7 heteroatoms. The monoisotopic (exact) mass is 489 g/mol. The molecule has 0 saturated heterocycles. The number of allylic oxidation sites excluding steroid dienone is 4. The summed E-state index contributed by atoms with van der Waals surface area (Å²) in [6, 6.07) is 7.34. The minimum absolute atomic E-state index is 0.0676. The van der Waals surface area contributed by atoms with E-state index in [9.17, 15) is 17.8 Å². The summed E-state index contributed by atoms with van der Waals surface area (Å²) in [5.74, 6) is 1.54. The van der Waals surface area contributed by atoms with Crippen molar-refractivity contribution in [3.8, 4) is 0 Å². The first-order valence-corrected chi connectivity index (χ1v) is 15.1. The van der Waals surface area contributed by atoms with Crippen molar-refractivity contribution >= 4 is 27.0 Å². The molecule has 5 nitrogen and oxygen atoms in total. The van der Waals surface area contributed by atoms with Gasteiger partial charge in [0.25, 0.3) is 10.1 Å². The third-order valence-corrected chi connectivity index (χ3v) is 11.4. The second-order valence-corrected chi connectivity index (χ2v) is 14.1. The first-order valence-electron chi connectivity index (χ1n) is 12.0. The number of rotatable bonds is 7. The van der Waals surface area contributed by atoms with Crippen LogP contribution in [0.1, 0.15) is 62.2 Å². The van der Waals surface area contributed by atoms with Crippen LogP contribution in [0.3, 0.4) is 0 Å². The molecule has 0 aromatic heterocycles. The van der Waals surface area contributed by atoms with Crippen molar-refractivity contribution < 1.29 is 22.5 Å². The van der Waals surface area contributed by atoms with Gasteiger partial charge in [-0.25, -0.2) is 0 Å². The van der Waals surface area contributed by atoms with Gasteiger partial charge in [0.05, 0.1) is 16.3 Å². The third kappa shape index (κ3) is 4.69. The normalized spacial score (nSPS) is 32.3. The Kier molecular flexibility index (Phi) is 6.25. The summed E-state index contributed by atoms with van der Waals surface area (Å²) >= 11 is 0. The number of hydrogen-bond acceptors (Lipinski definition) is 4. The highest BCUT2D eigenvalue weighted by atomic mass is 32.2. The van der Waals surface area contributed by atoms with E-state index in [4.69, 9.17) is 4.74 Å². The van der Waals surface area contributed by atoms with Gasteiger partial charge in [-0.2, -0.15) is 8.42 Å². The van der Waals surface area contributed by atoms with Crippen LogP contribution >= 0.6 is 0 Å². The average molecular weight is 490 g/mol. The predicted molar refractivity (Wildman–Crippen MR) is 130 cm³/mol. The summed E-state index contributed by atoms with van der Waals surface area (Å²) in [5, 5.41) is -1.26. The first-order chi connectivity index (χ1) is 15.7. The van der Waals surface area contributed by atoms with Gasteiger partial charge in [0.15, 0.2) is 4.90 Å². The maximum absolute atomic E-state index is 13.2. The molecule has 0 aliphatic heterocycles. The van der Waals surface area contributed by atoms with E-state index in [2.05, 4.69) is 24.5 Å². The maximum Gasteiger partial charge on any atom is 0.312 e. The van der Waals surface area contributed by atoms with Gasteiger partial charge in [0, 0.05) is 6.42 Å². The summed E-state index contributed by atoms with van der Waals surface area (Å²) in [7, 11) is -4.49. The zero-order chi connectivity index (χ0) is 23.2. The molecule has 1 aromatic carbocycles. The Morgan fingerprint density at radius 2 is 1.73 bits per heavy atom. The van der Waals surface area contributed by atoms with E-state index in [1.807, 2.05) is 12.1 Å². The van der Waals surface area contributed by atoms with Crippen molar-refractivity contribution in [2.45, 2.75) is 61.5 Å². The summed E-state index contributed by atoms with van der Waals surface area (Å²) in [4.78, 5) is 15.7. The second kappa shape index (κ2) is 8.90. The lowest BCUT2D eigenvalue weighted by atomic mass is 9.49. The maximum atomic E-state index is 13.2. The van der Waals surface area contributed by atoms with Crippen molar-refractivity contribution in [2.24, 2.45) is 23.2 Å². The van der Waals surface area contributed by atoms with Gasteiger partial charge in [-0.15, -0.1) is 0 Å². The zero-order valence-corrected chi connectivity index (χ0v) is 20.7. The van der Waals surface area contributed by atoms with E-state index in [1.54, 1.807) is 12.1 Å². The highest BCUT2D eigenvalue weighted by molar-refractivity contribution is 8.00. The Labute approximate surface area is 199 Å². The van der Waals surface area contributed by atoms with Gasteiger partial charge in [0.2, 0.25) is 0 Å². The SMILES string of the molecule is C[S+](C1=CC=CCC1)c1ccc(C(COC(=O)C23CC4CC(CC(C4)C2)C3)S(=O)(=O)O)cc1. The molecule has 4 saturated carbocycles. The summed E-state index contributed by atoms with van der Waals surface area (Å²) in [6.45, 7) is -0.341. The van der Waals surface area contributed by atoms with Gasteiger partial charge < -0.3 is 4.74 Å². The molecule has 2 atom stereocenters. The highest BCUT2D eigenvalue weighted by Crippen LogP contribution is 2.60. The third-order valence-electron chi connectivity index (χ3n) is 8.17. The molecule has 6 rings (SSSR count). The molecule has 1 N–H and O–H groups in total. The zero-order valence-electron chi connectivity index (χ0n) is 19.1. The van der Waals surface area contributed by atoms with Crippen molar-refractivity contribution in [1.82, 2.24) is 0 Å². The predicted octanol–water partition coefficient (Wildman–Crippen LogP) is 5.22. The quantitative estimate of drug-likeness (QED) is 0.323. The molecule has 2 unspecified atom stereocenters. The minimum Gasteiger partial charge on any atom is -0.463 e. The van der Waals surface area contributed by atoms with Crippen molar-refractivity contribution in [2.75, 3.05) is 12.9 Å². The Morgan fingerprint density at radius 1 is 1.12 bits per heavy atom. The van der Waals surface area contributed by atoms with E-state index in [0.29, 0.717) is 23.3 Å². The fraction of sp³-hybridized carbons (Fsp3) is 0.577. The molecule has 5 aliphatic carbocycles. The Morgan fingerprint density at radius 3 is 2.24 bits per heavy atom. The molecule has 1 aromatic rings. The largest absolute Gasteiger partial charge is 0.463 e. The average Bonchev–Trinajstić information content (AvgIpc) is 2.78. The lowest BCUT2D eigenvalue weighted by Gasteiger charge is -2.55. The number of carbonyl (C=O) groups excluding carboxylic acids is 1. The van der Waals surface area contributed by atoms with E-state index in [-0.39, 0.29) is 23.5 Å². The van der Waals surface area contributed by atoms with Crippen molar-refractivity contribution in [1.29, 1.82) is 0 Å². The standard InChI is InChI=1S/C26H32O5S2/c1-32(22-5-3-2-4-6-22)23-9-7-21(8-10-23)24(33(28,29)30)17-31-25(27)26-14-18-11-19(15-26)13-20(12-18)16-26/h2-3,5,7-10,18-20,24H,4,6,11-17H2,1H3/p+1. The molecule has 4 fully saturated rings. The molecule has 0 radical (unpaired) electrons. The van der Waals surface area contributed by atoms with Crippen molar-refractivity contribution in [3.63, 3.8) is 0 Å². The van der Waals surface area contributed by atoms with Gasteiger partial charge >= 0.3 is 5.97 Å². The molecule has 0 amide bonds. The van der Waals surface area contributed by atoms with Crippen LogP contribution < -0.4 is 0 Å². The van der Waals surface area contributed by atoms with Crippen LogP contribution in [-0.4, -0.2) is 31.8 Å². The molecular weight excluding hydrogens is 456 g/mol. The fourth-order valence-corrected chi connectivity index (χ4v) is 9.19. The van der Waals surface area contributed by atoms with Crippen LogP contribution in [0.25, 0.3) is 0 Å². The Bertz CT molecular complexity index is 1040. The number of esters is 1. The Hall–Kier alpha value is -1.57. The van der Waals surface area contributed by atoms with Crippen LogP contribution in [0.4, 0.5) is 0 Å². The van der Waals surface area contributed by atoms with Crippen LogP contribution in [0.15, 0.2) is 52.3 Å². The summed E-state index contributed by atoms with van der Waals surface area (Å²) in [6.07, 6.45) is 16.9. The van der Waals surface area contributed by atoms with Gasteiger partial charge in [-0.05, 0) is 86.5 Å². The van der Waals surface area contributed by atoms with E-state index in [1.165, 1.54) is 24.2 Å². The minimum atomic E-state index is -4.42. The molecule has 33 heavy (non-hydrogen) atoms. The van der Waals surface area contributed by atoms with E-state index >= 15 is 0 Å². The number of carbonyl (C=O) groups is 1. The van der Waals surface area contributed by atoms with Crippen LogP contribution in [0.5, 0.6) is 0 Å². The van der Waals surface area contributed by atoms with E-state index in [0.717, 1.165) is 37.0 Å². The van der Waals surface area contributed by atoms with Crippen LogP contribution in [0, 0.1) is 23.2 Å². The molecule has 4 bridgehead atoms. The van der Waals surface area contributed by atoms with E-state index < -0.39 is 20.8 Å². The summed E-state index contributed by atoms with van der Waals surface area (Å²) < 4.78 is 40.0. The molecule has 0 spiro atoms. The second-order valence-electron chi connectivity index (χ2n) is 10.5. The van der Waals surface area contributed by atoms with Crippen molar-refractivity contribution in [3.05, 3.63) is 53.0 Å². The number of ether oxygens (including phenoxy) is 1. The molecule has 178 valence electrons. The van der Waals surface area contributed by atoms with Gasteiger partial charge in [0.1, 0.15) is 23.0 Å². The first kappa shape index (κ1) is 23.2. The fourth-order valence-electron chi connectivity index (χ4n) is 6.89. The van der Waals surface area contributed by atoms with Gasteiger partial charge in [-0.1, -0.05) is 24.3 Å².